The highest BCUT2D eigenvalue weighted by Gasteiger charge is 2.51. The van der Waals surface area contributed by atoms with Gasteiger partial charge in [-0.3, -0.25) is 4.79 Å². The largest absolute Gasteiger partial charge is 0.395 e. The first kappa shape index (κ1) is 26.3. The molecule has 0 radical (unpaired) electrons. The summed E-state index contributed by atoms with van der Waals surface area (Å²) in [6.45, 7) is 6.12. The van der Waals surface area contributed by atoms with E-state index in [2.05, 4.69) is 53.8 Å². The number of rotatable bonds is 10. The molecule has 0 spiro atoms. The van der Waals surface area contributed by atoms with Crippen LogP contribution in [0.1, 0.15) is 30.9 Å². The molecule has 180 valence electrons. The summed E-state index contributed by atoms with van der Waals surface area (Å²) in [6.07, 6.45) is 1.36. The van der Waals surface area contributed by atoms with E-state index < -0.39 is 14.5 Å². The Bertz CT molecular complexity index is 908. The molecule has 1 N–H and O–H groups in total. The van der Waals surface area contributed by atoms with Crippen molar-refractivity contribution in [3.05, 3.63) is 69.3 Å². The number of ether oxygens (including phenoxy) is 1. The average molecular weight is 584 g/mol. The Hall–Kier alpha value is -1.29. The predicted octanol–water partition coefficient (Wildman–Crippen LogP) is 5.58. The number of nitrogens with zero attached hydrogens (tertiary/aromatic N) is 1. The highest BCUT2D eigenvalue weighted by Crippen LogP contribution is 2.47. The minimum Gasteiger partial charge on any atom is -0.395 e. The molecule has 0 aromatic heterocycles. The summed E-state index contributed by atoms with van der Waals surface area (Å²) in [5.41, 5.74) is 2.03. The summed E-state index contributed by atoms with van der Waals surface area (Å²) in [5.74, 6) is -0.0238. The Morgan fingerprint density at radius 2 is 1.82 bits per heavy atom. The molecule has 2 aromatic carbocycles. The highest BCUT2D eigenvalue weighted by atomic mass is 127. The van der Waals surface area contributed by atoms with Crippen molar-refractivity contribution in [1.82, 2.24) is 4.90 Å². The van der Waals surface area contributed by atoms with E-state index in [9.17, 15) is 9.90 Å². The molecule has 3 rings (SSSR count). The second-order valence-electron chi connectivity index (χ2n) is 9.56. The summed E-state index contributed by atoms with van der Waals surface area (Å²) in [7, 11) is -3.05. The highest BCUT2D eigenvalue weighted by molar-refractivity contribution is 14.1. The first-order chi connectivity index (χ1) is 15.7. The monoisotopic (exact) mass is 583 g/mol. The van der Waals surface area contributed by atoms with Crippen LogP contribution in [0.25, 0.3) is 0 Å². The molecule has 2 aromatic rings. The smallest absolute Gasteiger partial charge is 0.246 e. The van der Waals surface area contributed by atoms with Crippen molar-refractivity contribution in [2.45, 2.75) is 63.6 Å². The molecule has 1 amide bonds. The maximum absolute atomic E-state index is 15.4. The number of hydrogen-bond donors (Lipinski definition) is 1. The molecule has 0 saturated carbocycles. The van der Waals surface area contributed by atoms with E-state index in [1.807, 2.05) is 30.3 Å². The fourth-order valence-corrected chi connectivity index (χ4v) is 8.25. The lowest BCUT2D eigenvalue weighted by Crippen LogP contribution is -2.40. The minimum atomic E-state index is -3.05. The van der Waals surface area contributed by atoms with Crippen LogP contribution < -0.4 is 0 Å². The van der Waals surface area contributed by atoms with Crippen molar-refractivity contribution in [1.29, 1.82) is 0 Å². The van der Waals surface area contributed by atoms with Crippen LogP contribution in [0.2, 0.25) is 18.6 Å². The lowest BCUT2D eigenvalue weighted by molar-refractivity contribution is -0.135. The van der Waals surface area contributed by atoms with Crippen LogP contribution in [0, 0.1) is 9.49 Å². The molecular weight excluding hydrogens is 548 g/mol. The van der Waals surface area contributed by atoms with Crippen molar-refractivity contribution in [3.63, 3.8) is 0 Å². The van der Waals surface area contributed by atoms with Gasteiger partial charge >= 0.3 is 0 Å². The molecule has 1 aliphatic rings. The SMILES string of the molecule is C[C@H]1[C@H]([Si](C)(C)F)[C@@H](CC(=O)N(CCO)Cc2ccccc2)O[C@H]1CCc1cccc(I)c1. The van der Waals surface area contributed by atoms with E-state index in [1.165, 1.54) is 9.13 Å². The van der Waals surface area contributed by atoms with Gasteiger partial charge in [-0.05, 0) is 77.7 Å². The van der Waals surface area contributed by atoms with E-state index in [-0.39, 0.29) is 43.0 Å². The van der Waals surface area contributed by atoms with Gasteiger partial charge in [0.15, 0.2) is 0 Å². The van der Waals surface area contributed by atoms with Crippen molar-refractivity contribution < 1.29 is 18.7 Å². The second kappa shape index (κ2) is 11.9. The number of halogens is 2. The normalized spacial score (nSPS) is 23.0. The molecule has 0 bridgehead atoms. The third kappa shape index (κ3) is 7.34. The summed E-state index contributed by atoms with van der Waals surface area (Å²) in [4.78, 5) is 14.9. The molecule has 1 fully saturated rings. The molecule has 0 aliphatic carbocycles. The second-order valence-corrected chi connectivity index (χ2v) is 14.6. The third-order valence-corrected chi connectivity index (χ3v) is 9.77. The molecular formula is C26H35FINO3Si. The maximum Gasteiger partial charge on any atom is 0.246 e. The van der Waals surface area contributed by atoms with Crippen LogP contribution in [0.15, 0.2) is 54.6 Å². The molecule has 33 heavy (non-hydrogen) atoms. The van der Waals surface area contributed by atoms with Crippen molar-refractivity contribution in [2.75, 3.05) is 13.2 Å². The van der Waals surface area contributed by atoms with E-state index >= 15 is 4.11 Å². The van der Waals surface area contributed by atoms with E-state index in [0.29, 0.717) is 6.54 Å². The molecule has 4 atom stereocenters. The van der Waals surface area contributed by atoms with Crippen LogP contribution in [0.4, 0.5) is 4.11 Å². The fourth-order valence-electron chi connectivity index (χ4n) is 5.10. The average Bonchev–Trinajstić information content (AvgIpc) is 3.07. The summed E-state index contributed by atoms with van der Waals surface area (Å²) in [5, 5.41) is 9.51. The molecule has 0 unspecified atom stereocenters. The van der Waals surface area contributed by atoms with Crippen molar-refractivity contribution in [3.8, 4) is 0 Å². The molecule has 4 nitrogen and oxygen atoms in total. The molecule has 1 saturated heterocycles. The third-order valence-electron chi connectivity index (χ3n) is 6.62. The van der Waals surface area contributed by atoms with Crippen LogP contribution >= 0.6 is 22.6 Å². The Morgan fingerprint density at radius 3 is 2.45 bits per heavy atom. The van der Waals surface area contributed by atoms with Gasteiger partial charge < -0.3 is 18.9 Å². The van der Waals surface area contributed by atoms with Crippen LogP contribution in [-0.2, 0) is 22.5 Å². The molecule has 1 aliphatic heterocycles. The van der Waals surface area contributed by atoms with Gasteiger partial charge in [0.25, 0.3) is 0 Å². The Morgan fingerprint density at radius 1 is 1.12 bits per heavy atom. The number of aliphatic hydroxyl groups excluding tert-OH is 1. The first-order valence-corrected chi connectivity index (χ1v) is 15.7. The van der Waals surface area contributed by atoms with Gasteiger partial charge in [0.05, 0.1) is 25.2 Å². The van der Waals surface area contributed by atoms with E-state index in [4.69, 9.17) is 4.74 Å². The zero-order valence-corrected chi connectivity index (χ0v) is 22.9. The van der Waals surface area contributed by atoms with Crippen LogP contribution in [0.3, 0.4) is 0 Å². The number of benzene rings is 2. The maximum atomic E-state index is 15.4. The van der Waals surface area contributed by atoms with Gasteiger partial charge in [-0.2, -0.15) is 0 Å². The zero-order chi connectivity index (χ0) is 24.0. The quantitative estimate of drug-likeness (QED) is 0.226. The summed E-state index contributed by atoms with van der Waals surface area (Å²) < 4.78 is 23.0. The standard InChI is InChI=1S/C26H35FINO3Si/c1-19-23(13-12-20-10-7-11-22(28)16-20)32-24(26(19)33(2,3)27)17-25(31)29(14-15-30)18-21-8-5-4-6-9-21/h4-11,16,19,23-24,26,30H,12-15,17-18H2,1-3H3/t19-,23+,24-,26+/m1/s1. The van der Waals surface area contributed by atoms with Crippen LogP contribution in [0.5, 0.6) is 0 Å². The number of aryl methyl sites for hydroxylation is 1. The summed E-state index contributed by atoms with van der Waals surface area (Å²) in [6, 6.07) is 18.1. The predicted molar refractivity (Wildman–Crippen MR) is 141 cm³/mol. The van der Waals surface area contributed by atoms with Gasteiger partial charge in [0.1, 0.15) is 0 Å². The number of hydrogen-bond acceptors (Lipinski definition) is 3. The lowest BCUT2D eigenvalue weighted by Gasteiger charge is -2.30. The molecule has 7 heteroatoms. The van der Waals surface area contributed by atoms with E-state index in [0.717, 1.165) is 18.4 Å². The summed E-state index contributed by atoms with van der Waals surface area (Å²) >= 11 is 2.31. The van der Waals surface area contributed by atoms with E-state index in [1.54, 1.807) is 18.0 Å². The number of carbonyl (C=O) groups is 1. The van der Waals surface area contributed by atoms with Gasteiger partial charge in [-0.25, -0.2) is 0 Å². The van der Waals surface area contributed by atoms with Gasteiger partial charge in [0.2, 0.25) is 14.3 Å². The Labute approximate surface area is 211 Å². The van der Waals surface area contributed by atoms with Crippen molar-refractivity contribution in [2.24, 2.45) is 5.92 Å². The number of carbonyl (C=O) groups excluding carboxylic acids is 1. The number of aliphatic hydroxyl groups is 1. The van der Waals surface area contributed by atoms with Crippen molar-refractivity contribution >= 4 is 36.9 Å². The fraction of sp³-hybridized carbons (Fsp3) is 0.500. The minimum absolute atomic E-state index is 0.0615. The molecule has 1 heterocycles. The lowest BCUT2D eigenvalue weighted by atomic mass is 9.95. The van der Waals surface area contributed by atoms with Crippen LogP contribution in [-0.4, -0.2) is 49.7 Å². The first-order valence-electron chi connectivity index (χ1n) is 11.7. The van der Waals surface area contributed by atoms with Gasteiger partial charge in [-0.1, -0.05) is 49.4 Å². The zero-order valence-electron chi connectivity index (χ0n) is 19.7. The Balaban J connectivity index is 1.69. The van der Waals surface area contributed by atoms with Gasteiger partial charge in [-0.15, -0.1) is 0 Å². The topological polar surface area (TPSA) is 49.8 Å². The number of amides is 1. The Kier molecular flexibility index (Phi) is 9.49. The van der Waals surface area contributed by atoms with Gasteiger partial charge in [0, 0.05) is 22.2 Å².